The van der Waals surface area contributed by atoms with Gasteiger partial charge in [-0.3, -0.25) is 4.40 Å². The predicted molar refractivity (Wildman–Crippen MR) is 93.6 cm³/mol. The standard InChI is InChI=1S/C18H20N2O2S/c1-10(2)12-5-7-13(8-6-12)14-9-20-15(11(3)4)16(17(21)22)23-18(20)19-14/h5-11H,1-4H3,(H,21,22). The van der Waals surface area contributed by atoms with E-state index in [-0.39, 0.29) is 5.92 Å². The van der Waals surface area contributed by atoms with Gasteiger partial charge in [0.05, 0.1) is 11.4 Å². The van der Waals surface area contributed by atoms with Crippen LogP contribution in [0.15, 0.2) is 30.5 Å². The number of imidazole rings is 1. The molecule has 0 radical (unpaired) electrons. The van der Waals surface area contributed by atoms with Gasteiger partial charge in [-0.25, -0.2) is 9.78 Å². The zero-order valence-corrected chi connectivity index (χ0v) is 14.5. The zero-order chi connectivity index (χ0) is 16.7. The normalized spacial score (nSPS) is 11.7. The van der Waals surface area contributed by atoms with Crippen molar-refractivity contribution in [3.8, 4) is 11.3 Å². The van der Waals surface area contributed by atoms with E-state index < -0.39 is 5.97 Å². The first-order chi connectivity index (χ1) is 10.9. The fourth-order valence-corrected chi connectivity index (χ4v) is 3.83. The van der Waals surface area contributed by atoms with E-state index in [4.69, 9.17) is 0 Å². The van der Waals surface area contributed by atoms with Gasteiger partial charge in [-0.1, -0.05) is 63.3 Å². The number of aromatic carboxylic acids is 1. The highest BCUT2D eigenvalue weighted by molar-refractivity contribution is 7.19. The average molecular weight is 328 g/mol. The molecule has 0 spiro atoms. The summed E-state index contributed by atoms with van der Waals surface area (Å²) in [6.07, 6.45) is 1.94. The first kappa shape index (κ1) is 15.7. The van der Waals surface area contributed by atoms with E-state index in [9.17, 15) is 9.90 Å². The lowest BCUT2D eigenvalue weighted by atomic mass is 10.0. The molecule has 0 fully saturated rings. The average Bonchev–Trinajstić information content (AvgIpc) is 3.04. The molecule has 1 N–H and O–H groups in total. The lowest BCUT2D eigenvalue weighted by molar-refractivity contribution is 0.0700. The monoisotopic (exact) mass is 328 g/mol. The molecule has 2 aromatic heterocycles. The number of carbonyl (C=O) groups is 1. The Morgan fingerprint density at radius 1 is 1.13 bits per heavy atom. The largest absolute Gasteiger partial charge is 0.477 e. The number of hydrogen-bond donors (Lipinski definition) is 1. The number of carboxylic acids is 1. The Bertz CT molecular complexity index is 857. The van der Waals surface area contributed by atoms with E-state index in [1.54, 1.807) is 0 Å². The maximum atomic E-state index is 11.4. The van der Waals surface area contributed by atoms with Gasteiger partial charge in [0.2, 0.25) is 0 Å². The fourth-order valence-electron chi connectivity index (χ4n) is 2.73. The van der Waals surface area contributed by atoms with Crippen molar-refractivity contribution in [2.45, 2.75) is 39.5 Å². The minimum absolute atomic E-state index is 0.125. The number of rotatable bonds is 4. The van der Waals surface area contributed by atoms with E-state index >= 15 is 0 Å². The second-order valence-corrected chi connectivity index (χ2v) is 7.31. The summed E-state index contributed by atoms with van der Waals surface area (Å²) in [7, 11) is 0. The number of benzene rings is 1. The van der Waals surface area contributed by atoms with Crippen molar-refractivity contribution in [2.24, 2.45) is 0 Å². The summed E-state index contributed by atoms with van der Waals surface area (Å²) < 4.78 is 1.92. The lowest BCUT2D eigenvalue weighted by Crippen LogP contribution is -2.02. The third kappa shape index (κ3) is 2.77. The summed E-state index contributed by atoms with van der Waals surface area (Å²) in [5, 5.41) is 9.37. The van der Waals surface area contributed by atoms with Crippen LogP contribution in [0.25, 0.3) is 16.2 Å². The molecule has 120 valence electrons. The van der Waals surface area contributed by atoms with Gasteiger partial charge in [0, 0.05) is 11.8 Å². The molecule has 3 rings (SSSR count). The predicted octanol–water partition coefficient (Wildman–Crippen LogP) is 5.01. The van der Waals surface area contributed by atoms with Gasteiger partial charge >= 0.3 is 5.97 Å². The van der Waals surface area contributed by atoms with E-state index in [1.165, 1.54) is 16.9 Å². The SMILES string of the molecule is CC(C)c1ccc(-c2cn3c(C(C)C)c(C(=O)O)sc3n2)cc1. The van der Waals surface area contributed by atoms with Crippen molar-refractivity contribution >= 4 is 22.3 Å². The van der Waals surface area contributed by atoms with Crippen LogP contribution in [0.5, 0.6) is 0 Å². The van der Waals surface area contributed by atoms with Crippen molar-refractivity contribution in [1.29, 1.82) is 0 Å². The highest BCUT2D eigenvalue weighted by Crippen LogP contribution is 2.32. The molecular weight excluding hydrogens is 308 g/mol. The molecule has 5 heteroatoms. The number of aromatic nitrogens is 2. The molecule has 2 heterocycles. The third-order valence-corrected chi connectivity index (χ3v) is 5.03. The highest BCUT2D eigenvalue weighted by atomic mass is 32.1. The first-order valence-corrected chi connectivity index (χ1v) is 8.55. The van der Waals surface area contributed by atoms with E-state index in [0.29, 0.717) is 10.8 Å². The van der Waals surface area contributed by atoms with Crippen LogP contribution in [0.3, 0.4) is 0 Å². The smallest absolute Gasteiger partial charge is 0.347 e. The number of fused-ring (bicyclic) bond motifs is 1. The van der Waals surface area contributed by atoms with Crippen LogP contribution in [-0.4, -0.2) is 20.5 Å². The van der Waals surface area contributed by atoms with Crippen molar-refractivity contribution in [3.63, 3.8) is 0 Å². The summed E-state index contributed by atoms with van der Waals surface area (Å²) in [6, 6.07) is 8.41. The zero-order valence-electron chi connectivity index (χ0n) is 13.7. The summed E-state index contributed by atoms with van der Waals surface area (Å²) in [4.78, 5) is 17.2. The van der Waals surface area contributed by atoms with Gasteiger partial charge in [-0.2, -0.15) is 0 Å². The minimum Gasteiger partial charge on any atom is -0.477 e. The molecule has 0 saturated carbocycles. The van der Waals surface area contributed by atoms with E-state index in [1.807, 2.05) is 24.4 Å². The van der Waals surface area contributed by atoms with Gasteiger partial charge < -0.3 is 5.11 Å². The molecular formula is C18H20N2O2S. The molecule has 0 aliphatic carbocycles. The molecule has 1 aromatic carbocycles. The Morgan fingerprint density at radius 2 is 1.78 bits per heavy atom. The van der Waals surface area contributed by atoms with Gasteiger partial charge in [0.25, 0.3) is 0 Å². The second-order valence-electron chi connectivity index (χ2n) is 6.33. The Labute approximate surface area is 139 Å². The van der Waals surface area contributed by atoms with Crippen LogP contribution < -0.4 is 0 Å². The van der Waals surface area contributed by atoms with Gasteiger partial charge in [0.1, 0.15) is 4.88 Å². The number of thiazole rings is 1. The number of hydrogen-bond acceptors (Lipinski definition) is 3. The van der Waals surface area contributed by atoms with Crippen LogP contribution >= 0.6 is 11.3 Å². The van der Waals surface area contributed by atoms with Crippen molar-refractivity contribution in [2.75, 3.05) is 0 Å². The van der Waals surface area contributed by atoms with E-state index in [0.717, 1.165) is 21.9 Å². The van der Waals surface area contributed by atoms with Gasteiger partial charge in [-0.15, -0.1) is 0 Å². The van der Waals surface area contributed by atoms with Crippen LogP contribution in [0.2, 0.25) is 0 Å². The third-order valence-electron chi connectivity index (χ3n) is 3.97. The van der Waals surface area contributed by atoms with E-state index in [2.05, 4.69) is 43.1 Å². The van der Waals surface area contributed by atoms with Crippen molar-refractivity contribution in [1.82, 2.24) is 9.38 Å². The molecule has 0 aliphatic rings. The molecule has 4 nitrogen and oxygen atoms in total. The van der Waals surface area contributed by atoms with Gasteiger partial charge in [0.15, 0.2) is 4.96 Å². The summed E-state index contributed by atoms with van der Waals surface area (Å²) in [5.41, 5.74) is 4.04. The fraction of sp³-hybridized carbons (Fsp3) is 0.333. The second kappa shape index (κ2) is 5.81. The molecule has 3 aromatic rings. The van der Waals surface area contributed by atoms with Crippen LogP contribution in [0, 0.1) is 0 Å². The first-order valence-electron chi connectivity index (χ1n) is 7.74. The van der Waals surface area contributed by atoms with Crippen LogP contribution in [-0.2, 0) is 0 Å². The quantitative estimate of drug-likeness (QED) is 0.732. The Hall–Kier alpha value is -2.14. The Kier molecular flexibility index (Phi) is 3.98. The molecule has 0 atom stereocenters. The lowest BCUT2D eigenvalue weighted by Gasteiger charge is -2.06. The summed E-state index contributed by atoms with van der Waals surface area (Å²) in [6.45, 7) is 8.35. The summed E-state index contributed by atoms with van der Waals surface area (Å²) >= 11 is 1.24. The van der Waals surface area contributed by atoms with Crippen LogP contribution in [0.1, 0.15) is 60.5 Å². The highest BCUT2D eigenvalue weighted by Gasteiger charge is 2.22. The van der Waals surface area contributed by atoms with Crippen molar-refractivity contribution < 1.29 is 9.90 Å². The Morgan fingerprint density at radius 3 is 2.30 bits per heavy atom. The van der Waals surface area contributed by atoms with Crippen molar-refractivity contribution in [3.05, 3.63) is 46.6 Å². The molecule has 0 bridgehead atoms. The topological polar surface area (TPSA) is 54.6 Å². The molecule has 23 heavy (non-hydrogen) atoms. The Balaban J connectivity index is 2.08. The molecule has 0 amide bonds. The number of carboxylic acid groups (broad SMARTS) is 1. The van der Waals surface area contributed by atoms with Crippen LogP contribution in [0.4, 0.5) is 0 Å². The maximum absolute atomic E-state index is 11.4. The molecule has 0 unspecified atom stereocenters. The minimum atomic E-state index is -0.882. The maximum Gasteiger partial charge on any atom is 0.347 e. The van der Waals surface area contributed by atoms with Gasteiger partial charge in [-0.05, 0) is 17.4 Å². The number of nitrogens with zero attached hydrogens (tertiary/aromatic N) is 2. The molecule has 0 aliphatic heterocycles. The molecule has 0 saturated heterocycles. The summed E-state index contributed by atoms with van der Waals surface area (Å²) in [5.74, 6) is -0.257.